The van der Waals surface area contributed by atoms with Gasteiger partial charge in [0.2, 0.25) is 5.91 Å². The zero-order valence-electron chi connectivity index (χ0n) is 9.72. The number of rotatable bonds is 3. The maximum atomic E-state index is 12.0. The molecule has 1 fully saturated rings. The number of phenols is 1. The standard InChI is InChI=1S/C12H16N2O2S/c1-14(12(16)11-7-17-8-13-11)6-9-2-4-10(15)5-3-9/h2-5,11,13,15H,6-8H2,1H3. The first-order valence-electron chi connectivity index (χ1n) is 5.51. The quantitative estimate of drug-likeness (QED) is 0.843. The second-order valence-corrected chi connectivity index (χ2v) is 5.16. The third-order valence-electron chi connectivity index (χ3n) is 2.75. The zero-order valence-corrected chi connectivity index (χ0v) is 10.5. The monoisotopic (exact) mass is 252 g/mol. The molecular weight excluding hydrogens is 236 g/mol. The number of aromatic hydroxyl groups is 1. The van der Waals surface area contributed by atoms with Crippen LogP contribution in [0.2, 0.25) is 0 Å². The number of hydrogen-bond acceptors (Lipinski definition) is 4. The van der Waals surface area contributed by atoms with Gasteiger partial charge in [0.05, 0.1) is 6.04 Å². The molecule has 1 aromatic carbocycles. The molecule has 1 unspecified atom stereocenters. The normalized spacial score (nSPS) is 19.2. The Hall–Kier alpha value is -1.20. The number of benzene rings is 1. The highest BCUT2D eigenvalue weighted by atomic mass is 32.2. The van der Waals surface area contributed by atoms with Crippen LogP contribution < -0.4 is 5.32 Å². The Morgan fingerprint density at radius 2 is 2.24 bits per heavy atom. The molecule has 1 aromatic rings. The van der Waals surface area contributed by atoms with Crippen LogP contribution in [0.5, 0.6) is 5.75 Å². The topological polar surface area (TPSA) is 52.6 Å². The van der Waals surface area contributed by atoms with Crippen molar-refractivity contribution in [2.45, 2.75) is 12.6 Å². The first kappa shape index (κ1) is 12.3. The van der Waals surface area contributed by atoms with Crippen molar-refractivity contribution >= 4 is 17.7 Å². The van der Waals surface area contributed by atoms with E-state index in [1.54, 1.807) is 35.8 Å². The number of nitrogens with zero attached hydrogens (tertiary/aromatic N) is 1. The van der Waals surface area contributed by atoms with Gasteiger partial charge in [-0.3, -0.25) is 10.1 Å². The van der Waals surface area contributed by atoms with Gasteiger partial charge < -0.3 is 10.0 Å². The summed E-state index contributed by atoms with van der Waals surface area (Å²) in [6.07, 6.45) is 0. The van der Waals surface area contributed by atoms with Gasteiger partial charge in [0, 0.05) is 25.2 Å². The molecule has 0 aliphatic carbocycles. The number of nitrogens with one attached hydrogen (secondary N) is 1. The molecule has 0 radical (unpaired) electrons. The van der Waals surface area contributed by atoms with E-state index in [1.165, 1.54) is 0 Å². The molecule has 1 amide bonds. The summed E-state index contributed by atoms with van der Waals surface area (Å²) in [7, 11) is 1.81. The van der Waals surface area contributed by atoms with Crippen LogP contribution in [0.4, 0.5) is 0 Å². The predicted molar refractivity (Wildman–Crippen MR) is 68.8 cm³/mol. The SMILES string of the molecule is CN(Cc1ccc(O)cc1)C(=O)C1CSCN1. The molecule has 0 bridgehead atoms. The molecule has 1 aliphatic rings. The van der Waals surface area contributed by atoms with Crippen LogP contribution in [-0.2, 0) is 11.3 Å². The number of hydrogen-bond donors (Lipinski definition) is 2. The fourth-order valence-electron chi connectivity index (χ4n) is 1.77. The molecule has 1 atom stereocenters. The Kier molecular flexibility index (Phi) is 3.91. The van der Waals surface area contributed by atoms with Gasteiger partial charge >= 0.3 is 0 Å². The largest absolute Gasteiger partial charge is 0.508 e. The first-order chi connectivity index (χ1) is 8.16. The average Bonchev–Trinajstić information content (AvgIpc) is 2.84. The van der Waals surface area contributed by atoms with E-state index in [0.29, 0.717) is 6.54 Å². The molecule has 17 heavy (non-hydrogen) atoms. The summed E-state index contributed by atoms with van der Waals surface area (Å²) in [6, 6.07) is 6.88. The average molecular weight is 252 g/mol. The van der Waals surface area contributed by atoms with Crippen molar-refractivity contribution in [2.75, 3.05) is 18.7 Å². The Bertz CT molecular complexity index is 388. The molecule has 2 N–H and O–H groups in total. The lowest BCUT2D eigenvalue weighted by Gasteiger charge is -2.20. The van der Waals surface area contributed by atoms with Crippen LogP contribution in [0, 0.1) is 0 Å². The van der Waals surface area contributed by atoms with E-state index in [-0.39, 0.29) is 17.7 Å². The maximum Gasteiger partial charge on any atom is 0.240 e. The third kappa shape index (κ3) is 3.14. The van der Waals surface area contributed by atoms with Crippen LogP contribution in [0.25, 0.3) is 0 Å². The van der Waals surface area contributed by atoms with Crippen LogP contribution in [0.3, 0.4) is 0 Å². The van der Waals surface area contributed by atoms with E-state index >= 15 is 0 Å². The molecule has 0 spiro atoms. The highest BCUT2D eigenvalue weighted by Crippen LogP contribution is 2.14. The van der Waals surface area contributed by atoms with E-state index in [2.05, 4.69) is 5.32 Å². The fraction of sp³-hybridized carbons (Fsp3) is 0.417. The smallest absolute Gasteiger partial charge is 0.240 e. The van der Waals surface area contributed by atoms with E-state index in [0.717, 1.165) is 17.2 Å². The highest BCUT2D eigenvalue weighted by Gasteiger charge is 2.25. The van der Waals surface area contributed by atoms with Crippen LogP contribution in [0.15, 0.2) is 24.3 Å². The lowest BCUT2D eigenvalue weighted by molar-refractivity contribution is -0.131. The lowest BCUT2D eigenvalue weighted by atomic mass is 10.2. The summed E-state index contributed by atoms with van der Waals surface area (Å²) in [6.45, 7) is 0.571. The zero-order chi connectivity index (χ0) is 12.3. The minimum Gasteiger partial charge on any atom is -0.508 e. The predicted octanol–water partition coefficient (Wildman–Crippen LogP) is 1.01. The van der Waals surface area contributed by atoms with Gasteiger partial charge in [-0.15, -0.1) is 11.8 Å². The van der Waals surface area contributed by atoms with Crippen molar-refractivity contribution in [1.82, 2.24) is 10.2 Å². The van der Waals surface area contributed by atoms with Crippen molar-refractivity contribution in [3.05, 3.63) is 29.8 Å². The molecule has 1 saturated heterocycles. The summed E-state index contributed by atoms with van der Waals surface area (Å²) < 4.78 is 0. The maximum absolute atomic E-state index is 12.0. The highest BCUT2D eigenvalue weighted by molar-refractivity contribution is 7.99. The second kappa shape index (κ2) is 5.42. The van der Waals surface area contributed by atoms with Gasteiger partial charge in [0.25, 0.3) is 0 Å². The van der Waals surface area contributed by atoms with Crippen molar-refractivity contribution < 1.29 is 9.90 Å². The van der Waals surface area contributed by atoms with Gasteiger partial charge in [0.1, 0.15) is 5.75 Å². The number of amides is 1. The van der Waals surface area contributed by atoms with Crippen LogP contribution in [-0.4, -0.2) is 40.6 Å². The summed E-state index contributed by atoms with van der Waals surface area (Å²) in [5, 5.41) is 12.3. The fourth-order valence-corrected chi connectivity index (χ4v) is 2.71. The summed E-state index contributed by atoms with van der Waals surface area (Å²) in [4.78, 5) is 13.7. The minimum absolute atomic E-state index is 0.0536. The number of phenolic OH excluding ortho intramolecular Hbond substituents is 1. The Balaban J connectivity index is 1.93. The summed E-state index contributed by atoms with van der Waals surface area (Å²) in [5.74, 6) is 2.07. The number of carbonyl (C=O) groups excluding carboxylic acids is 1. The van der Waals surface area contributed by atoms with E-state index in [4.69, 9.17) is 0 Å². The molecule has 1 aliphatic heterocycles. The number of carbonyl (C=O) groups is 1. The molecule has 92 valence electrons. The Labute approximate surface area is 105 Å². The first-order valence-corrected chi connectivity index (χ1v) is 6.66. The lowest BCUT2D eigenvalue weighted by Crippen LogP contribution is -2.42. The molecule has 2 rings (SSSR count). The van der Waals surface area contributed by atoms with Gasteiger partial charge in [-0.25, -0.2) is 0 Å². The molecule has 1 heterocycles. The van der Waals surface area contributed by atoms with Crippen LogP contribution in [0.1, 0.15) is 5.56 Å². The van der Waals surface area contributed by atoms with E-state index < -0.39 is 0 Å². The Morgan fingerprint density at radius 3 is 2.82 bits per heavy atom. The summed E-state index contributed by atoms with van der Waals surface area (Å²) in [5.41, 5.74) is 1.02. The molecule has 0 aromatic heterocycles. The van der Waals surface area contributed by atoms with Gasteiger partial charge in [-0.05, 0) is 17.7 Å². The molecule has 5 heteroatoms. The van der Waals surface area contributed by atoms with E-state index in [1.807, 2.05) is 12.1 Å². The number of likely N-dealkylation sites (N-methyl/N-ethyl adjacent to an activating group) is 1. The van der Waals surface area contributed by atoms with Gasteiger partial charge in [0.15, 0.2) is 0 Å². The molecule has 0 saturated carbocycles. The minimum atomic E-state index is -0.0536. The Morgan fingerprint density at radius 1 is 1.53 bits per heavy atom. The van der Waals surface area contributed by atoms with Crippen molar-refractivity contribution in [1.29, 1.82) is 0 Å². The van der Waals surface area contributed by atoms with Crippen molar-refractivity contribution in [3.63, 3.8) is 0 Å². The van der Waals surface area contributed by atoms with Gasteiger partial charge in [-0.2, -0.15) is 0 Å². The van der Waals surface area contributed by atoms with E-state index in [9.17, 15) is 9.90 Å². The second-order valence-electron chi connectivity index (χ2n) is 4.13. The van der Waals surface area contributed by atoms with Crippen molar-refractivity contribution in [3.8, 4) is 5.75 Å². The van der Waals surface area contributed by atoms with Crippen molar-refractivity contribution in [2.24, 2.45) is 0 Å². The third-order valence-corrected chi connectivity index (χ3v) is 3.69. The van der Waals surface area contributed by atoms with Crippen LogP contribution >= 0.6 is 11.8 Å². The number of thioether (sulfide) groups is 1. The summed E-state index contributed by atoms with van der Waals surface area (Å²) >= 11 is 1.74. The van der Waals surface area contributed by atoms with Gasteiger partial charge in [-0.1, -0.05) is 12.1 Å². The molecular formula is C12H16N2O2S. The molecule has 4 nitrogen and oxygen atoms in total.